The summed E-state index contributed by atoms with van der Waals surface area (Å²) in [4.78, 5) is 6.89. The van der Waals surface area contributed by atoms with Gasteiger partial charge in [0.05, 0.1) is 18.2 Å². The third-order valence-corrected chi connectivity index (χ3v) is 7.12. The van der Waals surface area contributed by atoms with E-state index in [1.165, 1.54) is 17.6 Å². The number of hydrogen-bond donors (Lipinski definition) is 1. The maximum absolute atomic E-state index is 10.2. The highest BCUT2D eigenvalue weighted by atomic mass is 16.3. The molecule has 0 aliphatic heterocycles. The summed E-state index contributed by atoms with van der Waals surface area (Å²) in [7, 11) is 0. The van der Waals surface area contributed by atoms with Gasteiger partial charge < -0.3 is 14.6 Å². The Balaban J connectivity index is 0.000000398. The molecule has 204 valence electrons. The van der Waals surface area contributed by atoms with Crippen LogP contribution in [0.5, 0.6) is 5.75 Å². The van der Waals surface area contributed by atoms with Gasteiger partial charge in [0.15, 0.2) is 0 Å². The molecule has 1 aliphatic rings. The zero-order chi connectivity index (χ0) is 28.5. The molecule has 1 heterocycles. The molecule has 0 saturated carbocycles. The summed E-state index contributed by atoms with van der Waals surface area (Å²) in [5, 5.41) is 19.2. The summed E-state index contributed by atoms with van der Waals surface area (Å²) in [5.74, 6) is 2.03. The first-order valence-electron chi connectivity index (χ1n) is 13.7. The van der Waals surface area contributed by atoms with E-state index in [-0.39, 0.29) is 0 Å². The van der Waals surface area contributed by atoms with Gasteiger partial charge >= 0.3 is 0 Å². The van der Waals surface area contributed by atoms with Gasteiger partial charge in [0, 0.05) is 31.2 Å². The second-order valence-electron chi connectivity index (χ2n) is 10.6. The highest BCUT2D eigenvalue weighted by molar-refractivity contribution is 5.49. The van der Waals surface area contributed by atoms with Gasteiger partial charge in [-0.2, -0.15) is 5.26 Å². The predicted octanol–water partition coefficient (Wildman–Crippen LogP) is 7.86. The maximum atomic E-state index is 10.2. The summed E-state index contributed by atoms with van der Waals surface area (Å²) < 4.78 is 2.13. The second kappa shape index (κ2) is 13.5. The molecule has 1 atom stereocenters. The molecule has 1 unspecified atom stereocenters. The van der Waals surface area contributed by atoms with E-state index in [1.54, 1.807) is 0 Å². The van der Waals surface area contributed by atoms with Crippen molar-refractivity contribution >= 4 is 5.69 Å². The molecule has 4 aromatic rings. The number of nitriles is 1. The van der Waals surface area contributed by atoms with Crippen molar-refractivity contribution in [3.63, 3.8) is 0 Å². The van der Waals surface area contributed by atoms with Gasteiger partial charge in [0.2, 0.25) is 0 Å². The summed E-state index contributed by atoms with van der Waals surface area (Å²) in [6.07, 6.45) is 11.8. The molecule has 3 aromatic carbocycles. The van der Waals surface area contributed by atoms with Gasteiger partial charge in [-0.05, 0) is 80.1 Å². The number of hydrogen-bond acceptors (Lipinski definition) is 4. The minimum absolute atomic E-state index is 0.314. The minimum atomic E-state index is 0.314. The lowest BCUT2D eigenvalue weighted by Gasteiger charge is -2.25. The first kappa shape index (κ1) is 28.4. The molecule has 1 aromatic heterocycles. The number of anilines is 1. The zero-order valence-corrected chi connectivity index (χ0v) is 23.9. The fourth-order valence-electron chi connectivity index (χ4n) is 4.49. The molecule has 0 bridgehead atoms. The number of phenolic OH excluding ortho intramolecular Hbond substituents is 1. The third-order valence-electron chi connectivity index (χ3n) is 7.12. The van der Waals surface area contributed by atoms with Crippen molar-refractivity contribution < 1.29 is 5.11 Å². The molecule has 0 radical (unpaired) electrons. The molecular formula is C35H38N4O. The normalized spacial score (nSPS) is 14.1. The van der Waals surface area contributed by atoms with Gasteiger partial charge in [-0.3, -0.25) is 0 Å². The van der Waals surface area contributed by atoms with E-state index < -0.39 is 0 Å². The Labute approximate surface area is 238 Å². The van der Waals surface area contributed by atoms with E-state index in [0.717, 1.165) is 34.1 Å². The number of aromatic nitrogens is 2. The van der Waals surface area contributed by atoms with Crippen LogP contribution >= 0.6 is 0 Å². The smallest absolute Gasteiger partial charge is 0.128 e. The molecular weight excluding hydrogens is 492 g/mol. The third kappa shape index (κ3) is 7.97. The zero-order valence-electron chi connectivity index (χ0n) is 23.9. The molecule has 5 nitrogen and oxygen atoms in total. The number of aryl methyl sites for hydroxylation is 2. The van der Waals surface area contributed by atoms with Gasteiger partial charge in [-0.25, -0.2) is 4.98 Å². The number of aromatic hydroxyl groups is 1. The quantitative estimate of drug-likeness (QED) is 0.264. The predicted molar refractivity (Wildman–Crippen MR) is 163 cm³/mol. The second-order valence-corrected chi connectivity index (χ2v) is 10.6. The van der Waals surface area contributed by atoms with E-state index in [0.29, 0.717) is 30.9 Å². The van der Waals surface area contributed by atoms with Crippen molar-refractivity contribution in [3.05, 3.63) is 137 Å². The van der Waals surface area contributed by atoms with Crippen LogP contribution in [-0.4, -0.2) is 14.7 Å². The SMILES string of the molecule is CC1=CCC(C)C=C1.Cc1ccc(N(Cc2ccc(C)c(O)c2)Cc2nccn2Cc2ccc(C#N)cc2)cc1. The van der Waals surface area contributed by atoms with Crippen molar-refractivity contribution in [2.24, 2.45) is 5.92 Å². The van der Waals surface area contributed by atoms with E-state index in [2.05, 4.69) is 89.9 Å². The lowest BCUT2D eigenvalue weighted by molar-refractivity contribution is 0.470. The van der Waals surface area contributed by atoms with E-state index in [9.17, 15) is 5.11 Å². The Hall–Kier alpha value is -4.56. The molecule has 0 saturated heterocycles. The summed E-state index contributed by atoms with van der Waals surface area (Å²) in [6.45, 7) is 10.3. The number of rotatable bonds is 7. The van der Waals surface area contributed by atoms with Crippen LogP contribution in [0.25, 0.3) is 0 Å². The van der Waals surface area contributed by atoms with Gasteiger partial charge in [0.1, 0.15) is 11.6 Å². The van der Waals surface area contributed by atoms with Gasteiger partial charge in [0.25, 0.3) is 0 Å². The van der Waals surface area contributed by atoms with Crippen LogP contribution in [0.1, 0.15) is 53.9 Å². The van der Waals surface area contributed by atoms with Crippen molar-refractivity contribution in [1.82, 2.24) is 9.55 Å². The van der Waals surface area contributed by atoms with Crippen molar-refractivity contribution in [1.29, 1.82) is 5.26 Å². The van der Waals surface area contributed by atoms with Crippen LogP contribution < -0.4 is 4.90 Å². The lowest BCUT2D eigenvalue weighted by atomic mass is 10.00. The highest BCUT2D eigenvalue weighted by Gasteiger charge is 2.13. The summed E-state index contributed by atoms with van der Waals surface area (Å²) in [5.41, 5.74) is 7.41. The average molecular weight is 531 g/mol. The van der Waals surface area contributed by atoms with Crippen molar-refractivity contribution in [2.75, 3.05) is 4.90 Å². The van der Waals surface area contributed by atoms with Crippen LogP contribution in [0.2, 0.25) is 0 Å². The number of nitrogens with zero attached hydrogens (tertiary/aromatic N) is 4. The monoisotopic (exact) mass is 530 g/mol. The Morgan fingerprint density at radius 1 is 0.975 bits per heavy atom. The fourth-order valence-corrected chi connectivity index (χ4v) is 4.49. The average Bonchev–Trinajstić information content (AvgIpc) is 3.39. The first-order valence-corrected chi connectivity index (χ1v) is 13.7. The number of imidazole rings is 1. The lowest BCUT2D eigenvalue weighted by Crippen LogP contribution is -2.24. The maximum Gasteiger partial charge on any atom is 0.128 e. The molecule has 40 heavy (non-hydrogen) atoms. The standard InChI is InChI=1S/C27H26N4O.C8H12/c1-20-3-11-25(12-4-20)31(18-24-6-5-21(2)26(32)15-24)19-27-29-13-14-30(27)17-23-9-7-22(16-28)8-10-23;1-7-3-5-8(2)6-4-7/h3-15,32H,17-19H2,1-2H3;3-5,8H,6H2,1-2H3. The van der Waals surface area contributed by atoms with Crippen LogP contribution in [0.15, 0.2) is 103 Å². The number of allylic oxidation sites excluding steroid dienone is 4. The molecule has 1 N–H and O–H groups in total. The van der Waals surface area contributed by atoms with E-state index >= 15 is 0 Å². The van der Waals surface area contributed by atoms with Crippen LogP contribution in [0.4, 0.5) is 5.69 Å². The highest BCUT2D eigenvalue weighted by Crippen LogP contribution is 2.24. The van der Waals surface area contributed by atoms with Crippen molar-refractivity contribution in [3.8, 4) is 11.8 Å². The first-order chi connectivity index (χ1) is 19.3. The minimum Gasteiger partial charge on any atom is -0.508 e. The largest absolute Gasteiger partial charge is 0.508 e. The molecule has 0 spiro atoms. The Morgan fingerprint density at radius 3 is 2.33 bits per heavy atom. The summed E-state index contributed by atoms with van der Waals surface area (Å²) >= 11 is 0. The van der Waals surface area contributed by atoms with Gasteiger partial charge in [-0.15, -0.1) is 0 Å². The van der Waals surface area contributed by atoms with Crippen LogP contribution in [0.3, 0.4) is 0 Å². The van der Waals surface area contributed by atoms with Gasteiger partial charge in [-0.1, -0.05) is 72.7 Å². The molecule has 0 fully saturated rings. The van der Waals surface area contributed by atoms with E-state index in [1.807, 2.05) is 55.7 Å². The van der Waals surface area contributed by atoms with Crippen LogP contribution in [0, 0.1) is 31.1 Å². The molecule has 0 amide bonds. The van der Waals surface area contributed by atoms with Crippen molar-refractivity contribution in [2.45, 2.75) is 53.8 Å². The number of benzene rings is 3. The molecule has 5 heteroatoms. The van der Waals surface area contributed by atoms with Crippen LogP contribution in [-0.2, 0) is 19.6 Å². The Kier molecular flexibility index (Phi) is 9.59. The fraction of sp³-hybridized carbons (Fsp3) is 0.257. The molecule has 5 rings (SSSR count). The van der Waals surface area contributed by atoms with E-state index in [4.69, 9.17) is 5.26 Å². The summed E-state index contributed by atoms with van der Waals surface area (Å²) in [6, 6.07) is 24.1. The number of phenols is 1. The molecule has 1 aliphatic carbocycles. The Bertz CT molecular complexity index is 1500. The topological polar surface area (TPSA) is 65.1 Å². The Morgan fingerprint density at radius 2 is 1.70 bits per heavy atom.